The zero-order valence-corrected chi connectivity index (χ0v) is 10.6. The van der Waals surface area contributed by atoms with Crippen LogP contribution in [-0.2, 0) is 17.9 Å². The van der Waals surface area contributed by atoms with Crippen LogP contribution >= 0.6 is 0 Å². The number of nitrogens with zero attached hydrogens (tertiary/aromatic N) is 2. The first-order valence-electron chi connectivity index (χ1n) is 5.97. The molecule has 3 nitrogen and oxygen atoms in total. The van der Waals surface area contributed by atoms with Gasteiger partial charge >= 0.3 is 0 Å². The van der Waals surface area contributed by atoms with Crippen LogP contribution in [-0.4, -0.2) is 30.1 Å². The van der Waals surface area contributed by atoms with Crippen molar-refractivity contribution in [1.29, 1.82) is 0 Å². The molecule has 1 aromatic rings. The van der Waals surface area contributed by atoms with Crippen molar-refractivity contribution in [2.75, 3.05) is 20.2 Å². The summed E-state index contributed by atoms with van der Waals surface area (Å²) in [6.07, 6.45) is 1.05. The van der Waals surface area contributed by atoms with Crippen LogP contribution in [0.1, 0.15) is 31.7 Å². The van der Waals surface area contributed by atoms with E-state index in [2.05, 4.69) is 42.9 Å². The molecular formula is C13H22N2O. The lowest BCUT2D eigenvalue weighted by Gasteiger charge is -2.13. The molecule has 0 atom stereocenters. The smallest absolute Gasteiger partial charge is 0.0887 e. The van der Waals surface area contributed by atoms with Gasteiger partial charge in [0.05, 0.1) is 18.0 Å². The van der Waals surface area contributed by atoms with E-state index in [9.17, 15) is 0 Å². The summed E-state index contributed by atoms with van der Waals surface area (Å²) in [6.45, 7) is 7.63. The third-order valence-electron chi connectivity index (χ3n) is 2.43. The predicted molar refractivity (Wildman–Crippen MR) is 66.2 cm³/mol. The van der Waals surface area contributed by atoms with Crippen molar-refractivity contribution in [3.8, 4) is 0 Å². The van der Waals surface area contributed by atoms with Crippen LogP contribution in [0.3, 0.4) is 0 Å². The molecule has 1 heterocycles. The summed E-state index contributed by atoms with van der Waals surface area (Å²) in [5, 5.41) is 0. The second-order valence-corrected chi connectivity index (χ2v) is 4.00. The van der Waals surface area contributed by atoms with Gasteiger partial charge in [0, 0.05) is 13.2 Å². The molecule has 0 saturated heterocycles. The van der Waals surface area contributed by atoms with Crippen LogP contribution in [0, 0.1) is 0 Å². The zero-order valence-electron chi connectivity index (χ0n) is 10.6. The van der Waals surface area contributed by atoms with Gasteiger partial charge in [0.15, 0.2) is 0 Å². The molecule has 16 heavy (non-hydrogen) atoms. The van der Waals surface area contributed by atoms with Crippen molar-refractivity contribution >= 4 is 0 Å². The number of rotatable bonds is 7. The van der Waals surface area contributed by atoms with Gasteiger partial charge in [-0.3, -0.25) is 4.98 Å². The summed E-state index contributed by atoms with van der Waals surface area (Å²) in [7, 11) is 2.10. The Hall–Kier alpha value is -0.930. The molecule has 0 unspecified atom stereocenters. The molecule has 0 N–H and O–H groups in total. The van der Waals surface area contributed by atoms with E-state index in [0.29, 0.717) is 6.61 Å². The Morgan fingerprint density at radius 1 is 1.25 bits per heavy atom. The summed E-state index contributed by atoms with van der Waals surface area (Å²) in [5.41, 5.74) is 2.14. The fourth-order valence-corrected chi connectivity index (χ4v) is 1.41. The van der Waals surface area contributed by atoms with E-state index in [1.165, 1.54) is 0 Å². The van der Waals surface area contributed by atoms with E-state index in [-0.39, 0.29) is 0 Å². The van der Waals surface area contributed by atoms with Gasteiger partial charge in [-0.15, -0.1) is 0 Å². The summed E-state index contributed by atoms with van der Waals surface area (Å²) in [6, 6.07) is 6.14. The third kappa shape index (κ3) is 4.73. The molecule has 1 aromatic heterocycles. The maximum Gasteiger partial charge on any atom is 0.0887 e. The molecule has 90 valence electrons. The first-order valence-corrected chi connectivity index (χ1v) is 5.97. The van der Waals surface area contributed by atoms with Crippen LogP contribution in [0.5, 0.6) is 0 Å². The highest BCUT2D eigenvalue weighted by atomic mass is 16.5. The summed E-state index contributed by atoms with van der Waals surface area (Å²) >= 11 is 0. The maximum absolute atomic E-state index is 5.48. The fraction of sp³-hybridized carbons (Fsp3) is 0.615. The Morgan fingerprint density at radius 3 is 2.69 bits per heavy atom. The van der Waals surface area contributed by atoms with Crippen LogP contribution in [0.25, 0.3) is 0 Å². The number of pyridine rings is 1. The van der Waals surface area contributed by atoms with Crippen molar-refractivity contribution < 1.29 is 4.74 Å². The molecule has 1 rings (SSSR count). The minimum atomic E-state index is 0.623. The molecule has 0 fully saturated rings. The zero-order chi connectivity index (χ0) is 11.8. The maximum atomic E-state index is 5.48. The fourth-order valence-electron chi connectivity index (χ4n) is 1.41. The normalized spacial score (nSPS) is 11.0. The third-order valence-corrected chi connectivity index (χ3v) is 2.43. The SMILES string of the molecule is CCCOCc1cccc(CN(C)CC)n1. The van der Waals surface area contributed by atoms with Crippen molar-refractivity contribution in [1.82, 2.24) is 9.88 Å². The minimum Gasteiger partial charge on any atom is -0.375 e. The van der Waals surface area contributed by atoms with E-state index in [1.54, 1.807) is 0 Å². The van der Waals surface area contributed by atoms with E-state index in [1.807, 2.05) is 6.07 Å². The average molecular weight is 222 g/mol. The highest BCUT2D eigenvalue weighted by Gasteiger charge is 2.01. The van der Waals surface area contributed by atoms with Crippen LogP contribution in [0.4, 0.5) is 0 Å². The molecule has 0 aromatic carbocycles. The van der Waals surface area contributed by atoms with Crippen LogP contribution in [0.2, 0.25) is 0 Å². The molecular weight excluding hydrogens is 200 g/mol. The van der Waals surface area contributed by atoms with Crippen molar-refractivity contribution in [3.05, 3.63) is 29.6 Å². The predicted octanol–water partition coefficient (Wildman–Crippen LogP) is 2.46. The number of aromatic nitrogens is 1. The van der Waals surface area contributed by atoms with Gasteiger partial charge in [-0.05, 0) is 32.1 Å². The van der Waals surface area contributed by atoms with E-state index in [4.69, 9.17) is 4.74 Å². The van der Waals surface area contributed by atoms with Crippen LogP contribution < -0.4 is 0 Å². The lowest BCUT2D eigenvalue weighted by molar-refractivity contribution is 0.118. The Bertz CT molecular complexity index is 302. The Balaban J connectivity index is 2.50. The van der Waals surface area contributed by atoms with Gasteiger partial charge in [0.2, 0.25) is 0 Å². The molecule has 0 bridgehead atoms. The number of hydrogen-bond acceptors (Lipinski definition) is 3. The summed E-state index contributed by atoms with van der Waals surface area (Å²) < 4.78 is 5.48. The topological polar surface area (TPSA) is 25.4 Å². The Labute approximate surface area is 98.4 Å². The molecule has 0 spiro atoms. The monoisotopic (exact) mass is 222 g/mol. The highest BCUT2D eigenvalue weighted by Crippen LogP contribution is 2.04. The molecule has 3 heteroatoms. The van der Waals surface area contributed by atoms with Gasteiger partial charge in [0.1, 0.15) is 0 Å². The van der Waals surface area contributed by atoms with Gasteiger partial charge in [0.25, 0.3) is 0 Å². The largest absolute Gasteiger partial charge is 0.375 e. The molecule has 0 aliphatic heterocycles. The van der Waals surface area contributed by atoms with Crippen molar-refractivity contribution in [2.45, 2.75) is 33.4 Å². The van der Waals surface area contributed by atoms with Crippen molar-refractivity contribution in [3.63, 3.8) is 0 Å². The Morgan fingerprint density at radius 2 is 2.00 bits per heavy atom. The van der Waals surface area contributed by atoms with Crippen LogP contribution in [0.15, 0.2) is 18.2 Å². The van der Waals surface area contributed by atoms with Crippen molar-refractivity contribution in [2.24, 2.45) is 0 Å². The van der Waals surface area contributed by atoms with Gasteiger partial charge in [-0.25, -0.2) is 0 Å². The van der Waals surface area contributed by atoms with Gasteiger partial charge < -0.3 is 9.64 Å². The first-order chi connectivity index (χ1) is 7.76. The number of hydrogen-bond donors (Lipinski definition) is 0. The lowest BCUT2D eigenvalue weighted by atomic mass is 10.3. The van der Waals surface area contributed by atoms with E-state index >= 15 is 0 Å². The first kappa shape index (κ1) is 13.1. The quantitative estimate of drug-likeness (QED) is 0.663. The molecule has 0 aliphatic carbocycles. The molecule has 0 aliphatic rings. The number of ether oxygens (including phenoxy) is 1. The highest BCUT2D eigenvalue weighted by molar-refractivity contribution is 5.10. The summed E-state index contributed by atoms with van der Waals surface area (Å²) in [5.74, 6) is 0. The lowest BCUT2D eigenvalue weighted by Crippen LogP contribution is -2.17. The standard InChI is InChI=1S/C13H22N2O/c1-4-9-16-11-13-8-6-7-12(14-13)10-15(3)5-2/h6-8H,4-5,9-11H2,1-3H3. The van der Waals surface area contributed by atoms with E-state index < -0.39 is 0 Å². The van der Waals surface area contributed by atoms with Gasteiger partial charge in [-0.2, -0.15) is 0 Å². The van der Waals surface area contributed by atoms with Gasteiger partial charge in [-0.1, -0.05) is 19.9 Å². The molecule has 0 saturated carbocycles. The second-order valence-electron chi connectivity index (χ2n) is 4.00. The molecule has 0 radical (unpaired) electrons. The Kier molecular flexibility index (Phi) is 6.04. The second kappa shape index (κ2) is 7.36. The molecule has 0 amide bonds. The minimum absolute atomic E-state index is 0.623. The average Bonchev–Trinajstić information content (AvgIpc) is 2.30. The summed E-state index contributed by atoms with van der Waals surface area (Å²) in [4.78, 5) is 6.80. The van der Waals surface area contributed by atoms with E-state index in [0.717, 1.165) is 37.5 Å².